The average Bonchev–Trinajstić information content (AvgIpc) is 2.62. The molecule has 7 heteroatoms. The van der Waals surface area contributed by atoms with Crippen LogP contribution in [0.3, 0.4) is 0 Å². The number of hydrogen-bond acceptors (Lipinski definition) is 4. The van der Waals surface area contributed by atoms with E-state index in [1.54, 1.807) is 25.1 Å². The Balaban J connectivity index is 1.96. The molecule has 1 N–H and O–H groups in total. The third-order valence-corrected chi connectivity index (χ3v) is 4.22. The maximum absolute atomic E-state index is 12.1. The van der Waals surface area contributed by atoms with Crippen molar-refractivity contribution in [2.24, 2.45) is 5.10 Å². The van der Waals surface area contributed by atoms with Crippen molar-refractivity contribution in [1.29, 1.82) is 0 Å². The lowest BCUT2D eigenvalue weighted by Gasteiger charge is -2.13. The van der Waals surface area contributed by atoms with E-state index in [4.69, 9.17) is 9.47 Å². The molecule has 0 aliphatic carbocycles. The molecule has 0 aliphatic heterocycles. The monoisotopic (exact) mass is 480 g/mol. The van der Waals surface area contributed by atoms with Crippen molar-refractivity contribution in [3.63, 3.8) is 0 Å². The van der Waals surface area contributed by atoms with Crippen LogP contribution >= 0.6 is 31.9 Å². The molecule has 2 aromatic rings. The summed E-state index contributed by atoms with van der Waals surface area (Å²) >= 11 is 6.75. The van der Waals surface area contributed by atoms with Gasteiger partial charge in [0.1, 0.15) is 18.1 Å². The zero-order chi connectivity index (χ0) is 18.9. The zero-order valence-corrected chi connectivity index (χ0v) is 17.3. The normalized spacial score (nSPS) is 11.8. The van der Waals surface area contributed by atoms with Gasteiger partial charge in [0.15, 0.2) is 6.10 Å². The molecular weight excluding hydrogens is 464 g/mol. The van der Waals surface area contributed by atoms with Gasteiger partial charge >= 0.3 is 0 Å². The number of nitrogens with zero attached hydrogens (tertiary/aromatic N) is 1. The van der Waals surface area contributed by atoms with Gasteiger partial charge in [0.05, 0.1) is 6.21 Å². The van der Waals surface area contributed by atoms with E-state index in [0.29, 0.717) is 18.1 Å². The minimum atomic E-state index is -0.688. The van der Waals surface area contributed by atoms with Gasteiger partial charge in [-0.2, -0.15) is 5.10 Å². The molecular formula is C19H18Br2N2O3. The van der Waals surface area contributed by atoms with Gasteiger partial charge in [0.25, 0.3) is 5.91 Å². The first kappa shape index (κ1) is 20.2. The second-order valence-corrected chi connectivity index (χ2v) is 7.06. The lowest BCUT2D eigenvalue weighted by Crippen LogP contribution is -2.33. The third kappa shape index (κ3) is 6.31. The highest BCUT2D eigenvalue weighted by Crippen LogP contribution is 2.22. The van der Waals surface area contributed by atoms with Crippen LogP contribution in [0.15, 0.2) is 69.2 Å². The summed E-state index contributed by atoms with van der Waals surface area (Å²) in [5.41, 5.74) is 3.20. The van der Waals surface area contributed by atoms with Crippen LogP contribution < -0.4 is 14.9 Å². The predicted octanol–water partition coefficient (Wildman–Crippen LogP) is 4.69. The summed E-state index contributed by atoms with van der Waals surface area (Å²) in [6.45, 7) is 5.66. The molecule has 0 unspecified atom stereocenters. The van der Waals surface area contributed by atoms with Crippen molar-refractivity contribution in [3.8, 4) is 11.5 Å². The van der Waals surface area contributed by atoms with Crippen LogP contribution in [-0.2, 0) is 4.79 Å². The molecule has 0 aliphatic rings. The van der Waals surface area contributed by atoms with Crippen LogP contribution in [0.25, 0.3) is 0 Å². The Kier molecular flexibility index (Phi) is 7.87. The number of benzene rings is 2. The summed E-state index contributed by atoms with van der Waals surface area (Å²) in [5, 5.41) is 3.99. The zero-order valence-electron chi connectivity index (χ0n) is 14.1. The van der Waals surface area contributed by atoms with Crippen LogP contribution in [-0.4, -0.2) is 24.8 Å². The van der Waals surface area contributed by atoms with E-state index in [1.165, 1.54) is 6.21 Å². The number of halogens is 2. The minimum absolute atomic E-state index is 0.354. The summed E-state index contributed by atoms with van der Waals surface area (Å²) in [6, 6.07) is 12.8. The Labute approximate surface area is 169 Å². The van der Waals surface area contributed by atoms with E-state index in [9.17, 15) is 4.79 Å². The molecule has 0 aromatic heterocycles. The van der Waals surface area contributed by atoms with Crippen molar-refractivity contribution in [2.45, 2.75) is 13.0 Å². The Morgan fingerprint density at radius 2 is 1.92 bits per heavy atom. The van der Waals surface area contributed by atoms with Crippen molar-refractivity contribution in [3.05, 3.63) is 69.6 Å². The quantitative estimate of drug-likeness (QED) is 0.338. The van der Waals surface area contributed by atoms with Gasteiger partial charge in [-0.1, -0.05) is 44.5 Å². The molecule has 2 rings (SSSR count). The Morgan fingerprint density at radius 1 is 1.23 bits per heavy atom. The molecule has 0 heterocycles. The fraction of sp³-hybridized carbons (Fsp3) is 0.158. The maximum atomic E-state index is 12.1. The van der Waals surface area contributed by atoms with Crippen LogP contribution in [0.5, 0.6) is 11.5 Å². The fourth-order valence-corrected chi connectivity index (χ4v) is 2.57. The standard InChI is InChI=1S/C19H18Br2N2O3/c1-3-10-25-18-9-6-16(21)11-14(18)12-22-23-19(24)13(2)26-17-7-4-15(20)5-8-17/h3-9,11-13H,1,10H2,2H3,(H,23,24)/b22-12-/t13-/m1/s1. The highest BCUT2D eigenvalue weighted by Gasteiger charge is 2.14. The molecule has 2 aromatic carbocycles. The SMILES string of the molecule is C=CCOc1ccc(Br)cc1/C=N\NC(=O)[C@@H](C)Oc1ccc(Br)cc1. The van der Waals surface area contributed by atoms with Gasteiger partial charge in [-0.25, -0.2) is 5.43 Å². The molecule has 1 atom stereocenters. The average molecular weight is 482 g/mol. The largest absolute Gasteiger partial charge is 0.489 e. The number of carbonyl (C=O) groups is 1. The molecule has 0 saturated carbocycles. The molecule has 26 heavy (non-hydrogen) atoms. The molecule has 136 valence electrons. The molecule has 0 saturated heterocycles. The van der Waals surface area contributed by atoms with Gasteiger partial charge in [-0.3, -0.25) is 4.79 Å². The highest BCUT2D eigenvalue weighted by atomic mass is 79.9. The van der Waals surface area contributed by atoms with E-state index in [-0.39, 0.29) is 5.91 Å². The van der Waals surface area contributed by atoms with Crippen LogP contribution in [0.2, 0.25) is 0 Å². The minimum Gasteiger partial charge on any atom is -0.489 e. The van der Waals surface area contributed by atoms with Gasteiger partial charge < -0.3 is 9.47 Å². The van der Waals surface area contributed by atoms with Gasteiger partial charge in [-0.15, -0.1) is 0 Å². The number of amides is 1. The van der Waals surface area contributed by atoms with Crippen LogP contribution in [0.1, 0.15) is 12.5 Å². The van der Waals surface area contributed by atoms with E-state index >= 15 is 0 Å². The second kappa shape index (κ2) is 10.1. The smallest absolute Gasteiger partial charge is 0.280 e. The number of rotatable bonds is 8. The number of carbonyl (C=O) groups excluding carboxylic acids is 1. The summed E-state index contributed by atoms with van der Waals surface area (Å²) in [6.07, 6.45) is 2.49. The summed E-state index contributed by atoms with van der Waals surface area (Å²) < 4.78 is 13.0. The number of nitrogens with one attached hydrogen (secondary N) is 1. The fourth-order valence-electron chi connectivity index (χ4n) is 1.93. The van der Waals surface area contributed by atoms with Gasteiger partial charge in [-0.05, 0) is 49.4 Å². The Bertz CT molecular complexity index is 792. The van der Waals surface area contributed by atoms with Gasteiger partial charge in [0, 0.05) is 14.5 Å². The molecule has 5 nitrogen and oxygen atoms in total. The maximum Gasteiger partial charge on any atom is 0.280 e. The van der Waals surface area contributed by atoms with Crippen molar-refractivity contribution < 1.29 is 14.3 Å². The van der Waals surface area contributed by atoms with Crippen LogP contribution in [0, 0.1) is 0 Å². The van der Waals surface area contributed by atoms with Crippen molar-refractivity contribution in [2.75, 3.05) is 6.61 Å². The van der Waals surface area contributed by atoms with Crippen molar-refractivity contribution >= 4 is 44.0 Å². The summed E-state index contributed by atoms with van der Waals surface area (Å²) in [7, 11) is 0. The van der Waals surface area contributed by atoms with E-state index in [1.807, 2.05) is 30.3 Å². The number of hydrazone groups is 1. The first-order valence-corrected chi connectivity index (χ1v) is 9.36. The van der Waals surface area contributed by atoms with E-state index < -0.39 is 6.10 Å². The summed E-state index contributed by atoms with van der Waals surface area (Å²) in [5.74, 6) is 0.893. The Morgan fingerprint density at radius 3 is 2.62 bits per heavy atom. The first-order chi connectivity index (χ1) is 12.5. The third-order valence-electron chi connectivity index (χ3n) is 3.20. The molecule has 1 amide bonds. The number of hydrogen-bond donors (Lipinski definition) is 1. The lowest BCUT2D eigenvalue weighted by molar-refractivity contribution is -0.127. The molecule has 0 radical (unpaired) electrons. The van der Waals surface area contributed by atoms with E-state index in [0.717, 1.165) is 14.5 Å². The first-order valence-electron chi connectivity index (χ1n) is 7.78. The molecule has 0 bridgehead atoms. The highest BCUT2D eigenvalue weighted by molar-refractivity contribution is 9.10. The molecule has 0 fully saturated rings. The van der Waals surface area contributed by atoms with Gasteiger partial charge in [0.2, 0.25) is 0 Å². The van der Waals surface area contributed by atoms with Crippen LogP contribution in [0.4, 0.5) is 0 Å². The molecule has 0 spiro atoms. The number of ether oxygens (including phenoxy) is 2. The topological polar surface area (TPSA) is 59.9 Å². The van der Waals surface area contributed by atoms with Crippen molar-refractivity contribution in [1.82, 2.24) is 5.43 Å². The second-order valence-electron chi connectivity index (χ2n) is 5.23. The van der Waals surface area contributed by atoms with E-state index in [2.05, 4.69) is 49.0 Å². The lowest BCUT2D eigenvalue weighted by atomic mass is 10.2. The predicted molar refractivity (Wildman–Crippen MR) is 110 cm³/mol. The Hall–Kier alpha value is -2.12. The summed E-state index contributed by atoms with van der Waals surface area (Å²) in [4.78, 5) is 12.1.